The van der Waals surface area contributed by atoms with Crippen LogP contribution in [0, 0.1) is 0 Å². The first kappa shape index (κ1) is 20.0. The number of methoxy groups -OCH3 is 1. The number of rotatable bonds is 6. The van der Waals surface area contributed by atoms with Crippen molar-refractivity contribution in [3.63, 3.8) is 0 Å². The molecule has 0 saturated carbocycles. The molecular formula is C18H20N2O8. The molecule has 0 bridgehead atoms. The predicted octanol–water partition coefficient (Wildman–Crippen LogP) is -1.49. The van der Waals surface area contributed by atoms with Gasteiger partial charge in [0.1, 0.15) is 24.1 Å². The summed E-state index contributed by atoms with van der Waals surface area (Å²) in [6.07, 6.45) is -4.16. The van der Waals surface area contributed by atoms with Crippen LogP contribution in [0.2, 0.25) is 0 Å². The number of aliphatic hydroxyl groups excluding tert-OH is 3. The maximum atomic E-state index is 12.7. The van der Waals surface area contributed by atoms with Crippen LogP contribution in [-0.2, 0) is 11.3 Å². The molecule has 1 aliphatic heterocycles. The highest BCUT2D eigenvalue weighted by Gasteiger charge is 2.43. The molecule has 28 heavy (non-hydrogen) atoms. The summed E-state index contributed by atoms with van der Waals surface area (Å²) in [5.41, 5.74) is -1.30. The first-order chi connectivity index (χ1) is 13.4. The Balaban J connectivity index is 1.90. The van der Waals surface area contributed by atoms with E-state index in [1.165, 1.54) is 19.2 Å². The van der Waals surface area contributed by atoms with Gasteiger partial charge in [-0.3, -0.25) is 18.7 Å². The fourth-order valence-corrected chi connectivity index (χ4v) is 2.99. The second-order valence-corrected chi connectivity index (χ2v) is 6.31. The average molecular weight is 392 g/mol. The number of nitrogens with zero attached hydrogens (tertiary/aromatic N) is 2. The summed E-state index contributed by atoms with van der Waals surface area (Å²) >= 11 is 0. The lowest BCUT2D eigenvalue weighted by atomic mass is 10.1. The molecule has 3 rings (SSSR count). The van der Waals surface area contributed by atoms with Crippen LogP contribution >= 0.6 is 0 Å². The van der Waals surface area contributed by atoms with Gasteiger partial charge in [-0.15, -0.1) is 0 Å². The molecule has 2 heterocycles. The van der Waals surface area contributed by atoms with Crippen molar-refractivity contribution >= 4 is 5.78 Å². The Morgan fingerprint density at radius 3 is 2.39 bits per heavy atom. The lowest BCUT2D eigenvalue weighted by Gasteiger charge is -2.18. The fraction of sp³-hybridized carbons (Fsp3) is 0.389. The largest absolute Gasteiger partial charge is 0.497 e. The fourth-order valence-electron chi connectivity index (χ4n) is 2.99. The Labute approximate surface area is 158 Å². The smallest absolute Gasteiger partial charge is 0.333 e. The lowest BCUT2D eigenvalue weighted by molar-refractivity contribution is -0.0555. The SMILES string of the molecule is COc1ccc(C(=O)Cn2c(=O)ccn([C@@H]3O[C@H](CO)[C@@H](O)[C@@H]3O)c2=O)cc1. The van der Waals surface area contributed by atoms with Crippen LogP contribution in [-0.4, -0.2) is 62.3 Å². The molecule has 0 amide bonds. The van der Waals surface area contributed by atoms with Gasteiger partial charge >= 0.3 is 5.69 Å². The van der Waals surface area contributed by atoms with E-state index in [1.807, 2.05) is 0 Å². The van der Waals surface area contributed by atoms with E-state index < -0.39 is 54.7 Å². The van der Waals surface area contributed by atoms with Crippen molar-refractivity contribution in [3.05, 3.63) is 62.9 Å². The van der Waals surface area contributed by atoms with Crippen LogP contribution in [0.5, 0.6) is 5.75 Å². The van der Waals surface area contributed by atoms with E-state index >= 15 is 0 Å². The number of aromatic nitrogens is 2. The highest BCUT2D eigenvalue weighted by molar-refractivity contribution is 5.95. The first-order valence-electron chi connectivity index (χ1n) is 8.49. The Morgan fingerprint density at radius 1 is 1.14 bits per heavy atom. The molecule has 2 aromatic rings. The third-order valence-corrected chi connectivity index (χ3v) is 4.60. The van der Waals surface area contributed by atoms with Gasteiger partial charge in [0, 0.05) is 17.8 Å². The number of aliphatic hydroxyl groups is 3. The van der Waals surface area contributed by atoms with Crippen molar-refractivity contribution < 1.29 is 29.6 Å². The minimum absolute atomic E-state index is 0.287. The van der Waals surface area contributed by atoms with Gasteiger partial charge in [0.05, 0.1) is 20.3 Å². The zero-order valence-corrected chi connectivity index (χ0v) is 15.0. The molecule has 1 saturated heterocycles. The van der Waals surface area contributed by atoms with E-state index in [9.17, 15) is 29.7 Å². The Bertz CT molecular complexity index is 965. The number of hydrogen-bond acceptors (Lipinski definition) is 8. The van der Waals surface area contributed by atoms with Gasteiger partial charge < -0.3 is 24.8 Å². The van der Waals surface area contributed by atoms with Gasteiger partial charge in [0.15, 0.2) is 12.0 Å². The van der Waals surface area contributed by atoms with E-state index in [2.05, 4.69) is 0 Å². The third kappa shape index (κ3) is 3.62. The van der Waals surface area contributed by atoms with Gasteiger partial charge in [0.2, 0.25) is 0 Å². The second-order valence-electron chi connectivity index (χ2n) is 6.31. The number of hydrogen-bond donors (Lipinski definition) is 3. The summed E-state index contributed by atoms with van der Waals surface area (Å²) in [5, 5.41) is 29.1. The van der Waals surface area contributed by atoms with Crippen LogP contribution in [0.1, 0.15) is 16.6 Å². The monoisotopic (exact) mass is 392 g/mol. The Hall–Kier alpha value is -2.79. The maximum absolute atomic E-state index is 12.7. The average Bonchev–Trinajstić information content (AvgIpc) is 2.99. The summed E-state index contributed by atoms with van der Waals surface area (Å²) in [4.78, 5) is 37.3. The lowest BCUT2D eigenvalue weighted by Crippen LogP contribution is -2.44. The standard InChI is InChI=1S/C18H20N2O8/c1-27-11-4-2-10(3-5-11)12(22)8-20-14(23)6-7-19(18(20)26)17-16(25)15(24)13(9-21)28-17/h2-7,13,15-17,21,24-25H,8-9H2,1H3/t13-,15-,16+,17-/m1/s1. The Morgan fingerprint density at radius 2 is 1.82 bits per heavy atom. The molecule has 1 aromatic heterocycles. The van der Waals surface area contributed by atoms with Crippen LogP contribution in [0.15, 0.2) is 46.1 Å². The van der Waals surface area contributed by atoms with E-state index in [0.717, 1.165) is 16.8 Å². The van der Waals surface area contributed by atoms with Gasteiger partial charge in [-0.05, 0) is 24.3 Å². The normalized spacial score (nSPS) is 24.3. The summed E-state index contributed by atoms with van der Waals surface area (Å²) < 4.78 is 11.9. The zero-order valence-electron chi connectivity index (χ0n) is 15.0. The predicted molar refractivity (Wildman–Crippen MR) is 95.3 cm³/mol. The zero-order chi connectivity index (χ0) is 20.4. The molecule has 150 valence electrons. The molecule has 0 radical (unpaired) electrons. The van der Waals surface area contributed by atoms with Gasteiger partial charge in [0.25, 0.3) is 5.56 Å². The molecule has 4 atom stereocenters. The summed E-state index contributed by atoms with van der Waals surface area (Å²) in [6, 6.07) is 7.24. The maximum Gasteiger partial charge on any atom is 0.333 e. The van der Waals surface area contributed by atoms with Crippen molar-refractivity contribution in [1.82, 2.24) is 9.13 Å². The van der Waals surface area contributed by atoms with Crippen molar-refractivity contribution in [2.24, 2.45) is 0 Å². The van der Waals surface area contributed by atoms with Gasteiger partial charge in [-0.25, -0.2) is 4.79 Å². The van der Waals surface area contributed by atoms with E-state index in [0.29, 0.717) is 10.3 Å². The molecule has 10 heteroatoms. The molecule has 1 fully saturated rings. The molecule has 1 aromatic carbocycles. The second kappa shape index (κ2) is 8.07. The molecule has 3 N–H and O–H groups in total. The highest BCUT2D eigenvalue weighted by atomic mass is 16.6. The number of carbonyl (C=O) groups excluding carboxylic acids is 1. The molecule has 0 spiro atoms. The van der Waals surface area contributed by atoms with Crippen LogP contribution < -0.4 is 16.0 Å². The molecular weight excluding hydrogens is 372 g/mol. The third-order valence-electron chi connectivity index (χ3n) is 4.60. The summed E-state index contributed by atoms with van der Waals surface area (Å²) in [5.74, 6) is 0.0842. The van der Waals surface area contributed by atoms with E-state index in [-0.39, 0.29) is 5.56 Å². The number of benzene rings is 1. The van der Waals surface area contributed by atoms with Crippen LogP contribution in [0.25, 0.3) is 0 Å². The highest BCUT2D eigenvalue weighted by Crippen LogP contribution is 2.27. The molecule has 0 unspecified atom stereocenters. The minimum Gasteiger partial charge on any atom is -0.497 e. The van der Waals surface area contributed by atoms with Crippen molar-refractivity contribution in [1.29, 1.82) is 0 Å². The number of ether oxygens (including phenoxy) is 2. The topological polar surface area (TPSA) is 140 Å². The van der Waals surface area contributed by atoms with E-state index in [4.69, 9.17) is 9.47 Å². The number of Topliss-reactive ketones (excluding diaryl/α,β-unsaturated/α-hetero) is 1. The molecule has 10 nitrogen and oxygen atoms in total. The van der Waals surface area contributed by atoms with Crippen molar-refractivity contribution in [2.45, 2.75) is 31.1 Å². The van der Waals surface area contributed by atoms with Crippen molar-refractivity contribution in [3.8, 4) is 5.75 Å². The summed E-state index contributed by atoms with van der Waals surface area (Å²) in [7, 11) is 1.49. The molecule has 0 aliphatic carbocycles. The molecule has 1 aliphatic rings. The summed E-state index contributed by atoms with van der Waals surface area (Å²) in [6.45, 7) is -1.07. The van der Waals surface area contributed by atoms with Crippen molar-refractivity contribution in [2.75, 3.05) is 13.7 Å². The quantitative estimate of drug-likeness (QED) is 0.505. The number of carbonyl (C=O) groups is 1. The van der Waals surface area contributed by atoms with E-state index in [1.54, 1.807) is 12.1 Å². The van der Waals surface area contributed by atoms with Gasteiger partial charge in [-0.1, -0.05) is 0 Å². The van der Waals surface area contributed by atoms with Crippen LogP contribution in [0.4, 0.5) is 0 Å². The van der Waals surface area contributed by atoms with Crippen LogP contribution in [0.3, 0.4) is 0 Å². The number of ketones is 1. The first-order valence-corrected chi connectivity index (χ1v) is 8.49. The Kier molecular flexibility index (Phi) is 5.75. The van der Waals surface area contributed by atoms with Gasteiger partial charge in [-0.2, -0.15) is 0 Å². The minimum atomic E-state index is -1.49.